The Morgan fingerprint density at radius 2 is 2.00 bits per heavy atom. The lowest BCUT2D eigenvalue weighted by Gasteiger charge is -2.34. The number of nitrogens with zero attached hydrogens (tertiary/aromatic N) is 2. The third kappa shape index (κ3) is 4.44. The van der Waals surface area contributed by atoms with Gasteiger partial charge in [0.1, 0.15) is 5.54 Å². The Labute approximate surface area is 131 Å². The van der Waals surface area contributed by atoms with Gasteiger partial charge in [0.15, 0.2) is 0 Å². The molecule has 0 bridgehead atoms. The van der Waals surface area contributed by atoms with E-state index in [1.165, 1.54) is 45.2 Å². The van der Waals surface area contributed by atoms with Crippen molar-refractivity contribution in [3.63, 3.8) is 0 Å². The average molecular weight is 291 g/mol. The van der Waals surface area contributed by atoms with Gasteiger partial charge in [-0.2, -0.15) is 5.26 Å². The fourth-order valence-corrected chi connectivity index (χ4v) is 3.78. The SMILES string of the molecule is CCCNC(C#N)(CN1CCCC(C(C)C)CC1)C1CC1. The second-order valence-corrected chi connectivity index (χ2v) is 7.50. The molecular weight excluding hydrogens is 258 g/mol. The third-order valence-electron chi connectivity index (χ3n) is 5.45. The summed E-state index contributed by atoms with van der Waals surface area (Å²) in [4.78, 5) is 2.56. The summed E-state index contributed by atoms with van der Waals surface area (Å²) in [6.45, 7) is 11.1. The zero-order valence-corrected chi connectivity index (χ0v) is 14.2. The Morgan fingerprint density at radius 3 is 2.57 bits per heavy atom. The van der Waals surface area contributed by atoms with Crippen molar-refractivity contribution in [1.82, 2.24) is 10.2 Å². The van der Waals surface area contributed by atoms with E-state index in [0.717, 1.165) is 31.3 Å². The van der Waals surface area contributed by atoms with Gasteiger partial charge in [-0.1, -0.05) is 20.8 Å². The largest absolute Gasteiger partial charge is 0.300 e. The zero-order chi connectivity index (χ0) is 15.3. The van der Waals surface area contributed by atoms with Gasteiger partial charge in [-0.15, -0.1) is 0 Å². The molecule has 1 saturated carbocycles. The molecule has 0 radical (unpaired) electrons. The van der Waals surface area contributed by atoms with Gasteiger partial charge in [0, 0.05) is 6.54 Å². The molecule has 0 aromatic rings. The van der Waals surface area contributed by atoms with Gasteiger partial charge in [0.2, 0.25) is 0 Å². The molecule has 1 aliphatic heterocycles. The predicted molar refractivity (Wildman–Crippen MR) is 88.0 cm³/mol. The molecule has 2 fully saturated rings. The number of hydrogen-bond acceptors (Lipinski definition) is 3. The lowest BCUT2D eigenvalue weighted by atomic mass is 9.89. The molecule has 1 heterocycles. The van der Waals surface area contributed by atoms with Crippen LogP contribution in [0.5, 0.6) is 0 Å². The highest BCUT2D eigenvalue weighted by Gasteiger charge is 2.46. The van der Waals surface area contributed by atoms with Crippen LogP contribution in [0.25, 0.3) is 0 Å². The summed E-state index contributed by atoms with van der Waals surface area (Å²) in [5, 5.41) is 13.4. The first-order chi connectivity index (χ1) is 10.1. The van der Waals surface area contributed by atoms with Crippen molar-refractivity contribution in [2.45, 2.75) is 64.8 Å². The lowest BCUT2D eigenvalue weighted by Crippen LogP contribution is -2.54. The van der Waals surface area contributed by atoms with Crippen LogP contribution >= 0.6 is 0 Å². The van der Waals surface area contributed by atoms with E-state index in [1.54, 1.807) is 0 Å². The Morgan fingerprint density at radius 1 is 1.24 bits per heavy atom. The minimum atomic E-state index is -0.284. The fourth-order valence-electron chi connectivity index (χ4n) is 3.78. The van der Waals surface area contributed by atoms with Crippen LogP contribution in [0.3, 0.4) is 0 Å². The second-order valence-electron chi connectivity index (χ2n) is 7.50. The van der Waals surface area contributed by atoms with Crippen LogP contribution in [0.1, 0.15) is 59.3 Å². The minimum absolute atomic E-state index is 0.284. The Bertz CT molecular complexity index is 356. The van der Waals surface area contributed by atoms with E-state index < -0.39 is 0 Å². The molecule has 0 spiro atoms. The molecule has 0 amide bonds. The summed E-state index contributed by atoms with van der Waals surface area (Å²) in [6.07, 6.45) is 7.52. The van der Waals surface area contributed by atoms with Crippen LogP contribution in [0.2, 0.25) is 0 Å². The summed E-state index contributed by atoms with van der Waals surface area (Å²) in [7, 11) is 0. The van der Waals surface area contributed by atoms with Gasteiger partial charge in [-0.05, 0) is 75.9 Å². The molecule has 1 saturated heterocycles. The molecule has 0 aromatic heterocycles. The maximum absolute atomic E-state index is 9.82. The predicted octanol–water partition coefficient (Wildman–Crippen LogP) is 3.42. The van der Waals surface area contributed by atoms with Crippen LogP contribution in [0.4, 0.5) is 0 Å². The van der Waals surface area contributed by atoms with Gasteiger partial charge in [-0.3, -0.25) is 5.32 Å². The highest BCUT2D eigenvalue weighted by atomic mass is 15.2. The normalized spacial score (nSPS) is 27.1. The van der Waals surface area contributed by atoms with Gasteiger partial charge >= 0.3 is 0 Å². The summed E-state index contributed by atoms with van der Waals surface area (Å²) in [6, 6.07) is 2.66. The molecule has 3 heteroatoms. The third-order valence-corrected chi connectivity index (χ3v) is 5.45. The van der Waals surface area contributed by atoms with Crippen molar-refractivity contribution >= 4 is 0 Å². The van der Waals surface area contributed by atoms with E-state index in [0.29, 0.717) is 5.92 Å². The van der Waals surface area contributed by atoms with Crippen molar-refractivity contribution in [3.05, 3.63) is 0 Å². The van der Waals surface area contributed by atoms with Crippen molar-refractivity contribution in [3.8, 4) is 6.07 Å². The Kier molecular flexibility index (Phi) is 6.08. The monoisotopic (exact) mass is 291 g/mol. The van der Waals surface area contributed by atoms with E-state index in [1.807, 2.05) is 0 Å². The van der Waals surface area contributed by atoms with Crippen LogP contribution in [0, 0.1) is 29.1 Å². The first-order valence-corrected chi connectivity index (χ1v) is 9.00. The number of nitrogens with one attached hydrogen (secondary N) is 1. The van der Waals surface area contributed by atoms with Crippen LogP contribution in [0.15, 0.2) is 0 Å². The maximum atomic E-state index is 9.82. The summed E-state index contributed by atoms with van der Waals surface area (Å²) >= 11 is 0. The standard InChI is InChI=1S/C18H33N3/c1-4-10-20-18(13-19,17-7-8-17)14-21-11-5-6-16(9-12-21)15(2)3/h15-17,20H,4-12,14H2,1-3H3. The quantitative estimate of drug-likeness (QED) is 0.781. The number of likely N-dealkylation sites (tertiary alicyclic amines) is 1. The molecule has 2 aliphatic rings. The second kappa shape index (κ2) is 7.61. The summed E-state index contributed by atoms with van der Waals surface area (Å²) in [5.74, 6) is 2.25. The van der Waals surface area contributed by atoms with E-state index >= 15 is 0 Å². The molecule has 0 aromatic carbocycles. The number of nitriles is 1. The zero-order valence-electron chi connectivity index (χ0n) is 14.2. The van der Waals surface area contributed by atoms with Crippen LogP contribution < -0.4 is 5.32 Å². The average Bonchev–Trinajstić information content (AvgIpc) is 3.30. The van der Waals surface area contributed by atoms with Gasteiger partial charge in [0.05, 0.1) is 6.07 Å². The van der Waals surface area contributed by atoms with Crippen LogP contribution in [-0.2, 0) is 0 Å². The topological polar surface area (TPSA) is 39.1 Å². The van der Waals surface area contributed by atoms with Crippen molar-refractivity contribution in [2.75, 3.05) is 26.2 Å². The molecule has 21 heavy (non-hydrogen) atoms. The maximum Gasteiger partial charge on any atom is 0.122 e. The fraction of sp³-hybridized carbons (Fsp3) is 0.944. The van der Waals surface area contributed by atoms with Gasteiger partial charge in [0.25, 0.3) is 0 Å². The first-order valence-electron chi connectivity index (χ1n) is 9.00. The molecular formula is C18H33N3. The number of hydrogen-bond donors (Lipinski definition) is 1. The van der Waals surface area contributed by atoms with Crippen LogP contribution in [-0.4, -0.2) is 36.6 Å². The molecule has 2 unspecified atom stereocenters. The van der Waals surface area contributed by atoms with E-state index in [4.69, 9.17) is 0 Å². The van der Waals surface area contributed by atoms with E-state index in [2.05, 4.69) is 37.1 Å². The highest BCUT2D eigenvalue weighted by Crippen LogP contribution is 2.40. The van der Waals surface area contributed by atoms with Gasteiger partial charge < -0.3 is 4.90 Å². The highest BCUT2D eigenvalue weighted by molar-refractivity contribution is 5.16. The molecule has 1 N–H and O–H groups in total. The van der Waals surface area contributed by atoms with Crippen molar-refractivity contribution in [2.24, 2.45) is 17.8 Å². The molecule has 3 nitrogen and oxygen atoms in total. The number of rotatable bonds is 7. The van der Waals surface area contributed by atoms with E-state index in [-0.39, 0.29) is 5.54 Å². The first kappa shape index (κ1) is 16.8. The van der Waals surface area contributed by atoms with Crippen molar-refractivity contribution < 1.29 is 0 Å². The lowest BCUT2D eigenvalue weighted by molar-refractivity contribution is 0.197. The summed E-state index contributed by atoms with van der Waals surface area (Å²) in [5.41, 5.74) is -0.284. The van der Waals surface area contributed by atoms with Gasteiger partial charge in [-0.25, -0.2) is 0 Å². The molecule has 2 atom stereocenters. The molecule has 2 rings (SSSR count). The van der Waals surface area contributed by atoms with Crippen molar-refractivity contribution in [1.29, 1.82) is 5.26 Å². The minimum Gasteiger partial charge on any atom is -0.300 e. The molecule has 1 aliphatic carbocycles. The van der Waals surface area contributed by atoms with E-state index in [9.17, 15) is 5.26 Å². The molecule has 120 valence electrons. The Hall–Kier alpha value is -0.590. The summed E-state index contributed by atoms with van der Waals surface area (Å²) < 4.78 is 0. The Balaban J connectivity index is 1.95. The smallest absolute Gasteiger partial charge is 0.122 e.